The molecule has 3 rings (SSSR count). The van der Waals surface area contributed by atoms with Crippen molar-refractivity contribution < 1.29 is 14.3 Å². The molecule has 0 N–H and O–H groups in total. The van der Waals surface area contributed by atoms with E-state index >= 15 is 0 Å². The maximum atomic E-state index is 12.9. The summed E-state index contributed by atoms with van der Waals surface area (Å²) < 4.78 is 5.65. The minimum absolute atomic E-state index is 0.0217. The fourth-order valence-corrected chi connectivity index (χ4v) is 4.72. The van der Waals surface area contributed by atoms with E-state index in [2.05, 4.69) is 0 Å². The molecular weight excluding hydrogens is 348 g/mol. The molecule has 0 unspecified atom stereocenters. The normalized spacial score (nSPS) is 21.3. The minimum atomic E-state index is -0.242. The van der Waals surface area contributed by atoms with Crippen LogP contribution < -0.4 is 9.64 Å². The van der Waals surface area contributed by atoms with Gasteiger partial charge in [0.2, 0.25) is 11.8 Å². The fourth-order valence-electron chi connectivity index (χ4n) is 3.64. The summed E-state index contributed by atoms with van der Waals surface area (Å²) in [5.41, 5.74) is 0.832. The largest absolute Gasteiger partial charge is 0.491 e. The number of hydrogen-bond donors (Lipinski definition) is 0. The van der Waals surface area contributed by atoms with Crippen molar-refractivity contribution in [3.63, 3.8) is 0 Å². The van der Waals surface area contributed by atoms with Gasteiger partial charge < -0.3 is 14.5 Å². The van der Waals surface area contributed by atoms with E-state index < -0.39 is 0 Å². The first-order valence-corrected chi connectivity index (χ1v) is 10.5. The zero-order chi connectivity index (χ0) is 18.7. The summed E-state index contributed by atoms with van der Waals surface area (Å²) in [6.45, 7) is 4.43. The molecule has 1 atom stereocenters. The molecule has 0 bridgehead atoms. The lowest BCUT2D eigenvalue weighted by molar-refractivity contribution is -0.136. The van der Waals surface area contributed by atoms with Crippen LogP contribution in [0.3, 0.4) is 0 Å². The van der Waals surface area contributed by atoms with Crippen molar-refractivity contribution in [3.8, 4) is 5.75 Å². The van der Waals surface area contributed by atoms with E-state index in [1.54, 1.807) is 4.90 Å². The zero-order valence-corrected chi connectivity index (χ0v) is 16.6. The lowest BCUT2D eigenvalue weighted by Crippen LogP contribution is -2.43. The third-order valence-corrected chi connectivity index (χ3v) is 6.13. The van der Waals surface area contributed by atoms with E-state index in [9.17, 15) is 9.59 Å². The molecule has 0 spiro atoms. The number of benzene rings is 1. The van der Waals surface area contributed by atoms with E-state index in [0.29, 0.717) is 19.0 Å². The van der Waals surface area contributed by atoms with Gasteiger partial charge in [0.25, 0.3) is 0 Å². The number of anilines is 1. The maximum Gasteiger partial charge on any atom is 0.228 e. The number of carbonyl (C=O) groups is 2. The molecule has 5 nitrogen and oxygen atoms in total. The van der Waals surface area contributed by atoms with Crippen LogP contribution in [0.15, 0.2) is 24.3 Å². The number of hydrogen-bond acceptors (Lipinski definition) is 4. The maximum absolute atomic E-state index is 12.9. The molecule has 1 aromatic rings. The van der Waals surface area contributed by atoms with Gasteiger partial charge >= 0.3 is 0 Å². The second-order valence-corrected chi connectivity index (χ2v) is 8.58. The Balaban J connectivity index is 1.63. The van der Waals surface area contributed by atoms with Crippen molar-refractivity contribution in [2.75, 3.05) is 30.0 Å². The summed E-state index contributed by atoms with van der Waals surface area (Å²) in [4.78, 5) is 29.0. The standard InChI is InChI=1S/C20H28N2O3S/c1-14(2)25-18-6-4-17(5-7-18)22-13-15(12-19(22)23)20(24)21(3)16-8-10-26-11-9-16/h4-7,14-16H,8-13H2,1-3H3/t15-/m0/s1. The molecular formula is C20H28N2O3S. The van der Waals surface area contributed by atoms with Crippen LogP contribution >= 0.6 is 11.8 Å². The SMILES string of the molecule is CC(C)Oc1ccc(N2C[C@@H](C(=O)N(C)C3CCSCC3)CC2=O)cc1. The molecule has 2 aliphatic rings. The molecule has 2 fully saturated rings. The summed E-state index contributed by atoms with van der Waals surface area (Å²) in [6.07, 6.45) is 2.52. The van der Waals surface area contributed by atoms with Gasteiger partial charge in [-0.05, 0) is 62.5 Å². The number of rotatable bonds is 5. The number of nitrogens with zero attached hydrogens (tertiary/aromatic N) is 2. The highest BCUT2D eigenvalue weighted by molar-refractivity contribution is 7.99. The molecule has 1 aromatic carbocycles. The van der Waals surface area contributed by atoms with Crippen LogP contribution in [0.1, 0.15) is 33.1 Å². The zero-order valence-electron chi connectivity index (χ0n) is 15.8. The van der Waals surface area contributed by atoms with Gasteiger partial charge in [-0.1, -0.05) is 0 Å². The highest BCUT2D eigenvalue weighted by Gasteiger charge is 2.38. The lowest BCUT2D eigenvalue weighted by atomic mass is 10.0. The number of thioether (sulfide) groups is 1. The van der Waals surface area contributed by atoms with Gasteiger partial charge in [0.05, 0.1) is 12.0 Å². The Morgan fingerprint density at radius 1 is 1.23 bits per heavy atom. The van der Waals surface area contributed by atoms with Gasteiger partial charge in [0.15, 0.2) is 0 Å². The quantitative estimate of drug-likeness (QED) is 0.792. The van der Waals surface area contributed by atoms with Gasteiger partial charge in [0.1, 0.15) is 5.75 Å². The molecule has 0 aromatic heterocycles. The van der Waals surface area contributed by atoms with Crippen molar-refractivity contribution in [3.05, 3.63) is 24.3 Å². The Bertz CT molecular complexity index is 641. The van der Waals surface area contributed by atoms with Crippen LogP contribution in [0.25, 0.3) is 0 Å². The third kappa shape index (κ3) is 4.34. The Kier molecular flexibility index (Phi) is 6.12. The molecule has 0 aliphatic carbocycles. The second-order valence-electron chi connectivity index (χ2n) is 7.36. The molecule has 2 amide bonds. The van der Waals surface area contributed by atoms with Crippen molar-refractivity contribution in [1.29, 1.82) is 0 Å². The van der Waals surface area contributed by atoms with Gasteiger partial charge in [-0.3, -0.25) is 9.59 Å². The number of amides is 2. The average Bonchev–Trinajstić information content (AvgIpc) is 3.03. The van der Waals surface area contributed by atoms with Crippen LogP contribution in [-0.2, 0) is 9.59 Å². The van der Waals surface area contributed by atoms with Crippen LogP contribution in [-0.4, -0.2) is 54.0 Å². The summed E-state index contributed by atoms with van der Waals surface area (Å²) in [5, 5.41) is 0. The molecule has 0 saturated carbocycles. The summed E-state index contributed by atoms with van der Waals surface area (Å²) in [7, 11) is 1.90. The van der Waals surface area contributed by atoms with Crippen LogP contribution in [0, 0.1) is 5.92 Å². The predicted octanol–water partition coefficient (Wildman–Crippen LogP) is 3.18. The van der Waals surface area contributed by atoms with E-state index in [0.717, 1.165) is 35.8 Å². The molecule has 0 radical (unpaired) electrons. The molecule has 142 valence electrons. The number of ether oxygens (including phenoxy) is 1. The second kappa shape index (κ2) is 8.33. The van der Waals surface area contributed by atoms with E-state index in [4.69, 9.17) is 4.74 Å². The third-order valence-electron chi connectivity index (χ3n) is 5.08. The first-order valence-electron chi connectivity index (χ1n) is 9.37. The van der Waals surface area contributed by atoms with E-state index in [1.165, 1.54) is 0 Å². The predicted molar refractivity (Wildman–Crippen MR) is 106 cm³/mol. The smallest absolute Gasteiger partial charge is 0.228 e. The Morgan fingerprint density at radius 2 is 1.88 bits per heavy atom. The average molecular weight is 377 g/mol. The molecule has 2 saturated heterocycles. The molecule has 2 heterocycles. The Morgan fingerprint density at radius 3 is 2.50 bits per heavy atom. The monoisotopic (exact) mass is 376 g/mol. The van der Waals surface area contributed by atoms with Crippen LogP contribution in [0.2, 0.25) is 0 Å². The topological polar surface area (TPSA) is 49.9 Å². The van der Waals surface area contributed by atoms with Crippen molar-refractivity contribution in [2.45, 2.75) is 45.3 Å². The van der Waals surface area contributed by atoms with Crippen LogP contribution in [0.4, 0.5) is 5.69 Å². The first-order chi connectivity index (χ1) is 12.5. The van der Waals surface area contributed by atoms with Crippen molar-refractivity contribution >= 4 is 29.3 Å². The van der Waals surface area contributed by atoms with Gasteiger partial charge in [-0.2, -0.15) is 11.8 Å². The highest BCUT2D eigenvalue weighted by Crippen LogP contribution is 2.29. The van der Waals surface area contributed by atoms with Crippen LogP contribution in [0.5, 0.6) is 5.75 Å². The van der Waals surface area contributed by atoms with Crippen molar-refractivity contribution in [1.82, 2.24) is 4.90 Å². The van der Waals surface area contributed by atoms with Gasteiger partial charge in [0, 0.05) is 31.7 Å². The molecule has 2 aliphatic heterocycles. The fraction of sp³-hybridized carbons (Fsp3) is 0.600. The summed E-state index contributed by atoms with van der Waals surface area (Å²) in [5.74, 6) is 2.91. The summed E-state index contributed by atoms with van der Waals surface area (Å²) in [6, 6.07) is 7.86. The first kappa shape index (κ1) is 19.1. The lowest BCUT2D eigenvalue weighted by Gasteiger charge is -2.32. The van der Waals surface area contributed by atoms with E-state index in [1.807, 2.05) is 61.8 Å². The Labute approximate surface area is 160 Å². The van der Waals surface area contributed by atoms with Gasteiger partial charge in [-0.15, -0.1) is 0 Å². The molecule has 26 heavy (non-hydrogen) atoms. The van der Waals surface area contributed by atoms with Gasteiger partial charge in [-0.25, -0.2) is 0 Å². The highest BCUT2D eigenvalue weighted by atomic mass is 32.2. The minimum Gasteiger partial charge on any atom is -0.491 e. The Hall–Kier alpha value is -1.69. The summed E-state index contributed by atoms with van der Waals surface area (Å²) >= 11 is 1.95. The number of carbonyl (C=O) groups excluding carboxylic acids is 2. The molecule has 6 heteroatoms. The van der Waals surface area contributed by atoms with E-state index in [-0.39, 0.29) is 23.8 Å². The van der Waals surface area contributed by atoms with Crippen molar-refractivity contribution in [2.24, 2.45) is 5.92 Å².